The van der Waals surface area contributed by atoms with Gasteiger partial charge < -0.3 is 5.32 Å². The summed E-state index contributed by atoms with van der Waals surface area (Å²) >= 11 is 7.17. The van der Waals surface area contributed by atoms with E-state index in [1.807, 2.05) is 18.2 Å². The lowest BCUT2D eigenvalue weighted by Crippen LogP contribution is -2.07. The largest absolute Gasteiger partial charge is 0.326 e. The average molecular weight is 372 g/mol. The first kappa shape index (κ1) is 17.1. The van der Waals surface area contributed by atoms with Crippen molar-refractivity contribution in [2.45, 2.75) is 6.92 Å². The minimum absolute atomic E-state index is 0.135. The molecule has 5 nitrogen and oxygen atoms in total. The number of thiazole rings is 1. The molecule has 0 unspecified atom stereocenters. The highest BCUT2D eigenvalue weighted by molar-refractivity contribution is 7.22. The molecule has 0 atom stereocenters. The van der Waals surface area contributed by atoms with E-state index in [2.05, 4.69) is 15.6 Å². The number of benzene rings is 2. The summed E-state index contributed by atoms with van der Waals surface area (Å²) in [5, 5.41) is 6.61. The topological polar surface area (TPSA) is 71.1 Å². The molecule has 0 saturated heterocycles. The first-order chi connectivity index (χ1) is 12.0. The van der Waals surface area contributed by atoms with Gasteiger partial charge in [-0.2, -0.15) is 0 Å². The number of hydrogen-bond acceptors (Lipinski definition) is 4. The van der Waals surface area contributed by atoms with Crippen molar-refractivity contribution in [2.24, 2.45) is 0 Å². The van der Waals surface area contributed by atoms with Crippen LogP contribution in [-0.2, 0) is 9.59 Å². The molecule has 0 aliphatic rings. The minimum atomic E-state index is -0.268. The molecule has 0 bridgehead atoms. The number of halogens is 1. The van der Waals surface area contributed by atoms with Gasteiger partial charge in [0.2, 0.25) is 11.8 Å². The van der Waals surface area contributed by atoms with Crippen molar-refractivity contribution < 1.29 is 9.59 Å². The number of amides is 2. The van der Waals surface area contributed by atoms with Crippen LogP contribution in [0.4, 0.5) is 10.8 Å². The highest BCUT2D eigenvalue weighted by Gasteiger charge is 2.07. The third-order valence-electron chi connectivity index (χ3n) is 3.24. The summed E-state index contributed by atoms with van der Waals surface area (Å²) in [6, 6.07) is 12.6. The second-order valence-electron chi connectivity index (χ2n) is 5.26. The number of aromatic nitrogens is 1. The third kappa shape index (κ3) is 4.65. The van der Waals surface area contributed by atoms with Gasteiger partial charge in [0.1, 0.15) is 0 Å². The smallest absolute Gasteiger partial charge is 0.250 e. The fraction of sp³-hybridized carbons (Fsp3) is 0.0556. The summed E-state index contributed by atoms with van der Waals surface area (Å²) in [6.07, 6.45) is 3.14. The van der Waals surface area contributed by atoms with E-state index in [1.54, 1.807) is 30.3 Å². The molecule has 1 heterocycles. The van der Waals surface area contributed by atoms with Crippen molar-refractivity contribution in [1.29, 1.82) is 0 Å². The highest BCUT2D eigenvalue weighted by Crippen LogP contribution is 2.28. The number of nitrogens with one attached hydrogen (secondary N) is 2. The molecule has 0 aliphatic heterocycles. The Morgan fingerprint density at radius 1 is 1.12 bits per heavy atom. The Morgan fingerprint density at radius 3 is 2.60 bits per heavy atom. The quantitative estimate of drug-likeness (QED) is 0.660. The molecule has 0 aliphatic carbocycles. The fourth-order valence-electron chi connectivity index (χ4n) is 2.15. The van der Waals surface area contributed by atoms with Crippen molar-refractivity contribution >= 4 is 61.9 Å². The van der Waals surface area contributed by atoms with Crippen LogP contribution in [0.2, 0.25) is 5.02 Å². The van der Waals surface area contributed by atoms with Crippen LogP contribution in [0, 0.1) is 0 Å². The molecular weight excluding hydrogens is 358 g/mol. The number of rotatable bonds is 4. The summed E-state index contributed by atoms with van der Waals surface area (Å²) in [7, 11) is 0. The van der Waals surface area contributed by atoms with E-state index in [0.717, 1.165) is 15.8 Å². The molecular formula is C18H14ClN3O2S. The van der Waals surface area contributed by atoms with E-state index in [9.17, 15) is 9.59 Å². The van der Waals surface area contributed by atoms with Crippen molar-refractivity contribution in [2.75, 3.05) is 10.6 Å². The molecule has 2 amide bonds. The summed E-state index contributed by atoms with van der Waals surface area (Å²) in [4.78, 5) is 27.5. The molecule has 0 radical (unpaired) electrons. The van der Waals surface area contributed by atoms with E-state index in [4.69, 9.17) is 11.6 Å². The number of carbonyl (C=O) groups is 2. The zero-order valence-electron chi connectivity index (χ0n) is 13.2. The standard InChI is InChI=1S/C18H14ClN3O2S/c1-11(23)20-14-7-8-15-16(10-14)25-18(21-15)22-17(24)9-4-12-2-5-13(19)6-3-12/h2-10H,1H3,(H,20,23)(H,21,22,24). The summed E-state index contributed by atoms with van der Waals surface area (Å²) < 4.78 is 0.878. The second-order valence-corrected chi connectivity index (χ2v) is 6.72. The molecule has 0 spiro atoms. The zero-order valence-corrected chi connectivity index (χ0v) is 14.8. The Balaban J connectivity index is 1.70. The molecule has 3 aromatic rings. The maximum atomic E-state index is 12.0. The van der Waals surface area contributed by atoms with Gasteiger partial charge in [0.05, 0.1) is 10.2 Å². The van der Waals surface area contributed by atoms with Crippen LogP contribution in [0.15, 0.2) is 48.5 Å². The first-order valence-corrected chi connectivity index (χ1v) is 8.62. The number of hydrogen-bond donors (Lipinski definition) is 2. The van der Waals surface area contributed by atoms with Gasteiger partial charge in [0.25, 0.3) is 0 Å². The summed E-state index contributed by atoms with van der Waals surface area (Å²) in [5.74, 6) is -0.402. The SMILES string of the molecule is CC(=O)Nc1ccc2nc(NC(=O)C=Cc3ccc(Cl)cc3)sc2c1. The van der Waals surface area contributed by atoms with E-state index in [0.29, 0.717) is 15.8 Å². The Bertz CT molecular complexity index is 964. The minimum Gasteiger partial charge on any atom is -0.326 e. The Hall–Kier alpha value is -2.70. The maximum absolute atomic E-state index is 12.0. The first-order valence-electron chi connectivity index (χ1n) is 7.42. The fourth-order valence-corrected chi connectivity index (χ4v) is 3.19. The molecule has 1 aromatic heterocycles. The monoisotopic (exact) mass is 371 g/mol. The highest BCUT2D eigenvalue weighted by atomic mass is 35.5. The lowest BCUT2D eigenvalue weighted by Gasteiger charge is -1.99. The lowest BCUT2D eigenvalue weighted by atomic mass is 10.2. The molecule has 126 valence electrons. The van der Waals surface area contributed by atoms with E-state index in [-0.39, 0.29) is 11.8 Å². The van der Waals surface area contributed by atoms with Gasteiger partial charge in [-0.05, 0) is 42.0 Å². The van der Waals surface area contributed by atoms with E-state index >= 15 is 0 Å². The number of carbonyl (C=O) groups excluding carboxylic acids is 2. The number of fused-ring (bicyclic) bond motifs is 1. The summed E-state index contributed by atoms with van der Waals surface area (Å²) in [6.45, 7) is 1.45. The van der Waals surface area contributed by atoms with Crippen molar-refractivity contribution in [3.8, 4) is 0 Å². The van der Waals surface area contributed by atoms with Crippen LogP contribution in [0.3, 0.4) is 0 Å². The molecule has 2 N–H and O–H groups in total. The zero-order chi connectivity index (χ0) is 17.8. The van der Waals surface area contributed by atoms with Gasteiger partial charge in [-0.1, -0.05) is 35.1 Å². The normalized spacial score (nSPS) is 11.0. The maximum Gasteiger partial charge on any atom is 0.250 e. The van der Waals surface area contributed by atoms with Crippen LogP contribution in [-0.4, -0.2) is 16.8 Å². The predicted octanol–water partition coefficient (Wildman–Crippen LogP) is 4.56. The van der Waals surface area contributed by atoms with Gasteiger partial charge in [-0.15, -0.1) is 0 Å². The van der Waals surface area contributed by atoms with Crippen molar-refractivity contribution in [1.82, 2.24) is 4.98 Å². The summed E-state index contributed by atoms with van der Waals surface area (Å²) in [5.41, 5.74) is 2.34. The Labute approximate surface area is 153 Å². The molecule has 7 heteroatoms. The number of nitrogens with zero attached hydrogens (tertiary/aromatic N) is 1. The van der Waals surface area contributed by atoms with Gasteiger partial charge in [0.15, 0.2) is 5.13 Å². The van der Waals surface area contributed by atoms with Gasteiger partial charge >= 0.3 is 0 Å². The molecule has 3 rings (SSSR count). The van der Waals surface area contributed by atoms with Crippen LogP contribution >= 0.6 is 22.9 Å². The van der Waals surface area contributed by atoms with Gasteiger partial charge in [-0.3, -0.25) is 14.9 Å². The second kappa shape index (κ2) is 7.46. The molecule has 25 heavy (non-hydrogen) atoms. The van der Waals surface area contributed by atoms with Crippen molar-refractivity contribution in [3.05, 3.63) is 59.1 Å². The Morgan fingerprint density at radius 2 is 1.88 bits per heavy atom. The van der Waals surface area contributed by atoms with Crippen LogP contribution in [0.25, 0.3) is 16.3 Å². The van der Waals surface area contributed by atoms with Gasteiger partial charge in [-0.25, -0.2) is 4.98 Å². The molecule has 2 aromatic carbocycles. The van der Waals surface area contributed by atoms with Crippen LogP contribution in [0.1, 0.15) is 12.5 Å². The van der Waals surface area contributed by atoms with Crippen LogP contribution < -0.4 is 10.6 Å². The van der Waals surface area contributed by atoms with E-state index in [1.165, 1.54) is 24.3 Å². The third-order valence-corrected chi connectivity index (χ3v) is 4.42. The van der Waals surface area contributed by atoms with Gasteiger partial charge in [0, 0.05) is 23.7 Å². The van der Waals surface area contributed by atoms with E-state index < -0.39 is 0 Å². The Kier molecular flexibility index (Phi) is 5.11. The van der Waals surface area contributed by atoms with Crippen LogP contribution in [0.5, 0.6) is 0 Å². The lowest BCUT2D eigenvalue weighted by molar-refractivity contribution is -0.114. The predicted molar refractivity (Wildman–Crippen MR) is 103 cm³/mol. The number of anilines is 2. The molecule has 0 saturated carbocycles. The van der Waals surface area contributed by atoms with Crippen molar-refractivity contribution in [3.63, 3.8) is 0 Å². The average Bonchev–Trinajstić information content (AvgIpc) is 2.95. The molecule has 0 fully saturated rings.